The predicted molar refractivity (Wildman–Crippen MR) is 148 cm³/mol. The van der Waals surface area contributed by atoms with E-state index in [1.54, 1.807) is 36.4 Å². The second-order valence-corrected chi connectivity index (χ2v) is 11.2. The Morgan fingerprint density at radius 1 is 0.811 bits per heavy atom. The molecule has 0 radical (unpaired) electrons. The summed E-state index contributed by atoms with van der Waals surface area (Å²) in [5.74, 6) is -1.39. The monoisotopic (exact) mass is 495 g/mol. The van der Waals surface area contributed by atoms with Gasteiger partial charge in [0.1, 0.15) is 0 Å². The number of hydrogen-bond acceptors (Lipinski definition) is 3. The Balaban J connectivity index is 1.74. The first-order chi connectivity index (χ1) is 17.4. The molecule has 0 saturated carbocycles. The average molecular weight is 496 g/mol. The van der Waals surface area contributed by atoms with Gasteiger partial charge < -0.3 is 10.4 Å². The van der Waals surface area contributed by atoms with Crippen molar-refractivity contribution >= 4 is 29.4 Å². The molecule has 1 amide bonds. The van der Waals surface area contributed by atoms with Crippen LogP contribution in [-0.2, 0) is 10.8 Å². The van der Waals surface area contributed by atoms with E-state index in [-0.39, 0.29) is 28.1 Å². The highest BCUT2D eigenvalue weighted by Crippen LogP contribution is 2.49. The van der Waals surface area contributed by atoms with Crippen LogP contribution in [0.4, 0.5) is 5.69 Å². The summed E-state index contributed by atoms with van der Waals surface area (Å²) in [4.78, 5) is 37.6. The molecule has 3 aromatic carbocycles. The normalized spacial score (nSPS) is 15.7. The van der Waals surface area contributed by atoms with Gasteiger partial charge in [-0.2, -0.15) is 0 Å². The van der Waals surface area contributed by atoms with Crippen molar-refractivity contribution in [3.8, 4) is 0 Å². The summed E-state index contributed by atoms with van der Waals surface area (Å²) in [6.07, 6.45) is 5.11. The van der Waals surface area contributed by atoms with Crippen LogP contribution in [0.5, 0.6) is 0 Å². The van der Waals surface area contributed by atoms with Gasteiger partial charge in [-0.25, -0.2) is 4.79 Å². The first-order valence-electron chi connectivity index (χ1n) is 12.5. The number of amides is 1. The first-order valence-corrected chi connectivity index (χ1v) is 12.5. The number of hydrogen-bond donors (Lipinski definition) is 2. The van der Waals surface area contributed by atoms with Gasteiger partial charge in [0.2, 0.25) is 0 Å². The molecule has 0 bridgehead atoms. The Morgan fingerprint density at radius 2 is 1.41 bits per heavy atom. The Labute approximate surface area is 218 Å². The average Bonchev–Trinajstić information content (AvgIpc) is 2.85. The number of carboxylic acid groups (broad SMARTS) is 1. The number of benzene rings is 3. The van der Waals surface area contributed by atoms with Gasteiger partial charge in [-0.15, -0.1) is 0 Å². The fraction of sp³-hybridized carbons (Fsp3) is 0.281. The van der Waals surface area contributed by atoms with Gasteiger partial charge >= 0.3 is 5.97 Å². The van der Waals surface area contributed by atoms with Crippen molar-refractivity contribution in [2.45, 2.75) is 58.3 Å². The number of ketones is 1. The zero-order chi connectivity index (χ0) is 27.0. The summed E-state index contributed by atoms with van der Waals surface area (Å²) >= 11 is 0. The third kappa shape index (κ3) is 5.56. The molecule has 0 heterocycles. The number of aryl methyl sites for hydroxylation is 1. The van der Waals surface area contributed by atoms with E-state index in [0.29, 0.717) is 16.8 Å². The van der Waals surface area contributed by atoms with E-state index in [2.05, 4.69) is 33.0 Å². The zero-order valence-corrected chi connectivity index (χ0v) is 22.0. The molecular formula is C32H33NO4. The van der Waals surface area contributed by atoms with Crippen molar-refractivity contribution in [1.82, 2.24) is 0 Å². The summed E-state index contributed by atoms with van der Waals surface area (Å²) in [6.45, 7) is 10.7. The standard InChI is InChI=1S/C32H33NO4/c1-20-6-11-22(12-7-20)29(35)33-26-19-24(18-25-28(26)32(4,5)17-16-31(25,2)3)27(34)15-10-21-8-13-23(14-9-21)30(36)37/h6-15,18-19H,16-17H2,1-5H3,(H,33,35)(H,36,37)/b15-10+. The summed E-state index contributed by atoms with van der Waals surface area (Å²) in [6, 6.07) is 17.5. The van der Waals surface area contributed by atoms with Crippen molar-refractivity contribution in [2.24, 2.45) is 0 Å². The van der Waals surface area contributed by atoms with Crippen LogP contribution in [0, 0.1) is 6.92 Å². The van der Waals surface area contributed by atoms with Gasteiger partial charge in [0.05, 0.1) is 5.56 Å². The van der Waals surface area contributed by atoms with Crippen LogP contribution < -0.4 is 5.32 Å². The molecule has 5 heteroatoms. The Morgan fingerprint density at radius 3 is 2.03 bits per heavy atom. The third-order valence-electron chi connectivity index (χ3n) is 7.35. The van der Waals surface area contributed by atoms with Crippen LogP contribution in [0.15, 0.2) is 66.7 Å². The number of rotatable bonds is 6. The molecule has 0 aromatic heterocycles. The molecular weight excluding hydrogens is 462 g/mol. The number of carboxylic acids is 1. The number of allylic oxidation sites excluding steroid dienone is 1. The number of nitrogens with one attached hydrogen (secondary N) is 1. The molecule has 1 aliphatic rings. The maximum atomic E-state index is 13.3. The Bertz CT molecular complexity index is 1390. The summed E-state index contributed by atoms with van der Waals surface area (Å²) in [5.41, 5.74) is 5.57. The molecule has 0 spiro atoms. The van der Waals surface area contributed by atoms with Crippen LogP contribution >= 0.6 is 0 Å². The van der Waals surface area contributed by atoms with Gasteiger partial charge in [-0.3, -0.25) is 9.59 Å². The highest BCUT2D eigenvalue weighted by Gasteiger charge is 2.39. The van der Waals surface area contributed by atoms with E-state index >= 15 is 0 Å². The summed E-state index contributed by atoms with van der Waals surface area (Å²) < 4.78 is 0. The molecule has 0 atom stereocenters. The second-order valence-electron chi connectivity index (χ2n) is 11.2. The maximum Gasteiger partial charge on any atom is 0.335 e. The SMILES string of the molecule is Cc1ccc(C(=O)Nc2cc(C(=O)/C=C/c3ccc(C(=O)O)cc3)cc3c2C(C)(C)CCC3(C)C)cc1. The van der Waals surface area contributed by atoms with Crippen LogP contribution in [0.25, 0.3) is 6.08 Å². The largest absolute Gasteiger partial charge is 0.478 e. The predicted octanol–water partition coefficient (Wildman–Crippen LogP) is 7.19. The molecule has 0 aliphatic heterocycles. The van der Waals surface area contributed by atoms with Crippen molar-refractivity contribution in [3.05, 3.63) is 106 Å². The van der Waals surface area contributed by atoms with Gasteiger partial charge in [0.25, 0.3) is 5.91 Å². The molecule has 5 nitrogen and oxygen atoms in total. The zero-order valence-electron chi connectivity index (χ0n) is 22.0. The lowest BCUT2D eigenvalue weighted by molar-refractivity contribution is 0.0696. The molecule has 3 aromatic rings. The molecule has 0 unspecified atom stereocenters. The number of fused-ring (bicyclic) bond motifs is 1. The molecule has 37 heavy (non-hydrogen) atoms. The number of aromatic carboxylic acids is 1. The van der Waals surface area contributed by atoms with E-state index in [1.807, 2.05) is 25.1 Å². The molecule has 190 valence electrons. The van der Waals surface area contributed by atoms with Crippen molar-refractivity contribution in [1.29, 1.82) is 0 Å². The van der Waals surface area contributed by atoms with E-state index in [1.165, 1.54) is 18.2 Å². The van der Waals surface area contributed by atoms with Gasteiger partial charge in [0, 0.05) is 16.8 Å². The molecule has 2 N–H and O–H groups in total. The lowest BCUT2D eigenvalue weighted by Gasteiger charge is -2.43. The van der Waals surface area contributed by atoms with Gasteiger partial charge in [0.15, 0.2) is 5.78 Å². The first kappa shape index (κ1) is 26.1. The minimum atomic E-state index is -0.994. The van der Waals surface area contributed by atoms with Crippen molar-refractivity contribution in [3.63, 3.8) is 0 Å². The van der Waals surface area contributed by atoms with Crippen LogP contribution in [0.2, 0.25) is 0 Å². The number of carbonyl (C=O) groups excluding carboxylic acids is 2. The maximum absolute atomic E-state index is 13.3. The smallest absolute Gasteiger partial charge is 0.335 e. The number of carbonyl (C=O) groups is 3. The van der Waals surface area contributed by atoms with E-state index in [9.17, 15) is 14.4 Å². The van der Waals surface area contributed by atoms with E-state index in [4.69, 9.17) is 5.11 Å². The molecule has 1 aliphatic carbocycles. The number of anilines is 1. The molecule has 4 rings (SSSR count). The fourth-order valence-electron chi connectivity index (χ4n) is 4.93. The Hall–Kier alpha value is -3.99. The minimum Gasteiger partial charge on any atom is -0.478 e. The van der Waals surface area contributed by atoms with E-state index < -0.39 is 5.97 Å². The quantitative estimate of drug-likeness (QED) is 0.280. The lowest BCUT2D eigenvalue weighted by atomic mass is 9.62. The van der Waals surface area contributed by atoms with Crippen LogP contribution in [0.3, 0.4) is 0 Å². The van der Waals surface area contributed by atoms with Gasteiger partial charge in [-0.1, -0.05) is 63.6 Å². The van der Waals surface area contributed by atoms with Crippen molar-refractivity contribution < 1.29 is 19.5 Å². The third-order valence-corrected chi connectivity index (χ3v) is 7.35. The van der Waals surface area contributed by atoms with Crippen LogP contribution in [-0.4, -0.2) is 22.8 Å². The Kier molecular flexibility index (Phi) is 6.92. The summed E-state index contributed by atoms with van der Waals surface area (Å²) in [7, 11) is 0. The highest BCUT2D eigenvalue weighted by atomic mass is 16.4. The topological polar surface area (TPSA) is 83.5 Å². The minimum absolute atomic E-state index is 0.152. The summed E-state index contributed by atoms with van der Waals surface area (Å²) in [5, 5.41) is 12.2. The highest BCUT2D eigenvalue weighted by molar-refractivity contribution is 6.09. The molecule has 0 fully saturated rings. The van der Waals surface area contributed by atoms with Crippen molar-refractivity contribution in [2.75, 3.05) is 5.32 Å². The second kappa shape index (κ2) is 9.81. The lowest BCUT2D eigenvalue weighted by Crippen LogP contribution is -2.35. The van der Waals surface area contributed by atoms with Gasteiger partial charge in [-0.05, 0) is 89.8 Å². The fourth-order valence-corrected chi connectivity index (χ4v) is 4.93. The van der Waals surface area contributed by atoms with E-state index in [0.717, 1.165) is 35.1 Å². The van der Waals surface area contributed by atoms with Crippen LogP contribution in [0.1, 0.15) is 93.9 Å². The molecule has 0 saturated heterocycles.